The Morgan fingerprint density at radius 3 is 2.79 bits per heavy atom. The average molecular weight is 261 g/mol. The van der Waals surface area contributed by atoms with Gasteiger partial charge in [0.2, 0.25) is 0 Å². The molecule has 0 amide bonds. The number of hydrogen-bond donors (Lipinski definition) is 0. The number of alkyl halides is 1. The van der Waals surface area contributed by atoms with E-state index in [1.54, 1.807) is 0 Å². The van der Waals surface area contributed by atoms with Crippen LogP contribution in [0.1, 0.15) is 19.3 Å². The van der Waals surface area contributed by atoms with Gasteiger partial charge in [0.15, 0.2) is 0 Å². The quantitative estimate of drug-likeness (QED) is 0.715. The van der Waals surface area contributed by atoms with Gasteiger partial charge < -0.3 is 4.90 Å². The first-order valence-electron chi connectivity index (χ1n) is 5.78. The Hall–Kier alpha value is 0.400. The molecular formula is C11H21BrN2. The third kappa shape index (κ3) is 2.50. The van der Waals surface area contributed by atoms with Crippen LogP contribution in [0.15, 0.2) is 0 Å². The van der Waals surface area contributed by atoms with Crippen molar-refractivity contribution in [3.05, 3.63) is 0 Å². The van der Waals surface area contributed by atoms with Crippen LogP contribution in [-0.2, 0) is 0 Å². The Morgan fingerprint density at radius 1 is 1.29 bits per heavy atom. The van der Waals surface area contributed by atoms with Gasteiger partial charge in [-0.25, -0.2) is 0 Å². The molecule has 0 aromatic rings. The summed E-state index contributed by atoms with van der Waals surface area (Å²) in [6, 6.07) is 0.820. The predicted molar refractivity (Wildman–Crippen MR) is 64.0 cm³/mol. The summed E-state index contributed by atoms with van der Waals surface area (Å²) in [5, 5.41) is 1.16. The van der Waals surface area contributed by atoms with Crippen molar-refractivity contribution in [3.63, 3.8) is 0 Å². The van der Waals surface area contributed by atoms with E-state index in [4.69, 9.17) is 0 Å². The molecule has 2 aliphatic heterocycles. The predicted octanol–water partition coefficient (Wildman–Crippen LogP) is 1.80. The Balaban J connectivity index is 1.79. The molecular weight excluding hydrogens is 240 g/mol. The lowest BCUT2D eigenvalue weighted by molar-refractivity contribution is 0.228. The molecule has 0 radical (unpaired) electrons. The van der Waals surface area contributed by atoms with Crippen LogP contribution in [0.2, 0.25) is 0 Å². The third-order valence-corrected chi connectivity index (χ3v) is 4.41. The van der Waals surface area contributed by atoms with E-state index in [0.29, 0.717) is 0 Å². The topological polar surface area (TPSA) is 6.48 Å². The second-order valence-corrected chi connectivity index (χ2v) is 5.51. The van der Waals surface area contributed by atoms with Crippen LogP contribution in [0.4, 0.5) is 0 Å². The van der Waals surface area contributed by atoms with Crippen LogP contribution in [-0.4, -0.2) is 54.4 Å². The molecule has 2 saturated heterocycles. The van der Waals surface area contributed by atoms with E-state index in [9.17, 15) is 0 Å². The maximum Gasteiger partial charge on any atom is 0.0193 e. The number of hydrogen-bond acceptors (Lipinski definition) is 2. The number of rotatable bonds is 3. The monoisotopic (exact) mass is 260 g/mol. The summed E-state index contributed by atoms with van der Waals surface area (Å²) in [7, 11) is 2.24. The molecule has 2 unspecified atom stereocenters. The summed E-state index contributed by atoms with van der Waals surface area (Å²) in [6.45, 7) is 5.28. The molecule has 0 aliphatic carbocycles. The van der Waals surface area contributed by atoms with Gasteiger partial charge in [0.05, 0.1) is 0 Å². The van der Waals surface area contributed by atoms with Gasteiger partial charge in [-0.05, 0) is 45.3 Å². The Labute approximate surface area is 95.8 Å². The van der Waals surface area contributed by atoms with Crippen molar-refractivity contribution < 1.29 is 0 Å². The molecule has 0 saturated carbocycles. The second-order valence-electron chi connectivity index (χ2n) is 4.86. The molecule has 0 spiro atoms. The fourth-order valence-electron chi connectivity index (χ4n) is 2.82. The van der Waals surface area contributed by atoms with Crippen LogP contribution in [0.3, 0.4) is 0 Å². The molecule has 0 bridgehead atoms. The van der Waals surface area contributed by atoms with Crippen molar-refractivity contribution in [2.24, 2.45) is 5.92 Å². The molecule has 0 aromatic heterocycles. The van der Waals surface area contributed by atoms with E-state index in [0.717, 1.165) is 17.3 Å². The number of halogens is 1. The van der Waals surface area contributed by atoms with E-state index < -0.39 is 0 Å². The fourth-order valence-corrected chi connectivity index (χ4v) is 3.55. The van der Waals surface area contributed by atoms with Gasteiger partial charge in [-0.15, -0.1) is 0 Å². The van der Waals surface area contributed by atoms with E-state index in [-0.39, 0.29) is 0 Å². The lowest BCUT2D eigenvalue weighted by Gasteiger charge is -2.25. The van der Waals surface area contributed by atoms with Crippen LogP contribution >= 0.6 is 15.9 Å². The molecule has 2 nitrogen and oxygen atoms in total. The number of nitrogens with zero attached hydrogens (tertiary/aromatic N) is 2. The van der Waals surface area contributed by atoms with Crippen molar-refractivity contribution in [1.82, 2.24) is 9.80 Å². The minimum Gasteiger partial charge on any atom is -0.306 e. The average Bonchev–Trinajstić information content (AvgIpc) is 2.76. The first-order chi connectivity index (χ1) is 6.79. The van der Waals surface area contributed by atoms with Crippen molar-refractivity contribution >= 4 is 15.9 Å². The molecule has 2 fully saturated rings. The lowest BCUT2D eigenvalue weighted by atomic mass is 10.1. The van der Waals surface area contributed by atoms with Crippen molar-refractivity contribution in [2.45, 2.75) is 25.3 Å². The van der Waals surface area contributed by atoms with Gasteiger partial charge in [-0.3, -0.25) is 4.90 Å². The smallest absolute Gasteiger partial charge is 0.0193 e. The first kappa shape index (κ1) is 10.9. The zero-order valence-corrected chi connectivity index (χ0v) is 10.7. The van der Waals surface area contributed by atoms with Crippen molar-refractivity contribution in [3.8, 4) is 0 Å². The molecule has 2 aliphatic rings. The standard InChI is InChI=1S/C11H21BrN2/c1-13-6-4-10(8-13)9-14-5-2-3-11(14)7-12/h10-11H,2-9H2,1H3. The van der Waals surface area contributed by atoms with Gasteiger partial charge in [-0.1, -0.05) is 15.9 Å². The van der Waals surface area contributed by atoms with Crippen LogP contribution in [0, 0.1) is 5.92 Å². The molecule has 3 heteroatoms. The van der Waals surface area contributed by atoms with Gasteiger partial charge in [0.1, 0.15) is 0 Å². The third-order valence-electron chi connectivity index (χ3n) is 3.66. The van der Waals surface area contributed by atoms with Crippen LogP contribution in [0.5, 0.6) is 0 Å². The summed E-state index contributed by atoms with van der Waals surface area (Å²) in [5.41, 5.74) is 0. The summed E-state index contributed by atoms with van der Waals surface area (Å²) in [4.78, 5) is 5.16. The van der Waals surface area contributed by atoms with Crippen molar-refractivity contribution in [2.75, 3.05) is 38.6 Å². The Morgan fingerprint density at radius 2 is 2.14 bits per heavy atom. The Bertz CT molecular complexity index is 186. The summed E-state index contributed by atoms with van der Waals surface area (Å²) in [5.74, 6) is 0.930. The zero-order chi connectivity index (χ0) is 9.97. The highest BCUT2D eigenvalue weighted by Crippen LogP contribution is 2.23. The first-order valence-corrected chi connectivity index (χ1v) is 6.90. The SMILES string of the molecule is CN1CCC(CN2CCCC2CBr)C1. The zero-order valence-electron chi connectivity index (χ0n) is 9.08. The molecule has 2 rings (SSSR count). The summed E-state index contributed by atoms with van der Waals surface area (Å²) < 4.78 is 0. The molecule has 0 N–H and O–H groups in total. The minimum atomic E-state index is 0.820. The number of likely N-dealkylation sites (tertiary alicyclic amines) is 2. The van der Waals surface area contributed by atoms with Gasteiger partial charge in [-0.2, -0.15) is 0 Å². The highest BCUT2D eigenvalue weighted by Gasteiger charge is 2.28. The van der Waals surface area contributed by atoms with E-state index >= 15 is 0 Å². The van der Waals surface area contributed by atoms with Crippen molar-refractivity contribution in [1.29, 1.82) is 0 Å². The summed E-state index contributed by atoms with van der Waals surface area (Å²) in [6.07, 6.45) is 4.20. The maximum absolute atomic E-state index is 3.63. The summed E-state index contributed by atoms with van der Waals surface area (Å²) >= 11 is 3.63. The highest BCUT2D eigenvalue weighted by molar-refractivity contribution is 9.09. The molecule has 82 valence electrons. The van der Waals surface area contributed by atoms with E-state index in [2.05, 4.69) is 32.8 Å². The normalized spacial score (nSPS) is 35.6. The minimum absolute atomic E-state index is 0.820. The second kappa shape index (κ2) is 4.95. The molecule has 0 aromatic carbocycles. The van der Waals surface area contributed by atoms with Crippen LogP contribution in [0.25, 0.3) is 0 Å². The van der Waals surface area contributed by atoms with Gasteiger partial charge in [0, 0.05) is 24.5 Å². The van der Waals surface area contributed by atoms with Gasteiger partial charge >= 0.3 is 0 Å². The van der Waals surface area contributed by atoms with E-state index in [1.807, 2.05) is 0 Å². The van der Waals surface area contributed by atoms with Gasteiger partial charge in [0.25, 0.3) is 0 Å². The lowest BCUT2D eigenvalue weighted by Crippen LogP contribution is -2.35. The maximum atomic E-state index is 3.63. The Kier molecular flexibility index (Phi) is 3.86. The highest BCUT2D eigenvalue weighted by atomic mass is 79.9. The molecule has 14 heavy (non-hydrogen) atoms. The molecule has 2 heterocycles. The largest absolute Gasteiger partial charge is 0.306 e. The van der Waals surface area contributed by atoms with Crippen LogP contribution < -0.4 is 0 Å². The fraction of sp³-hybridized carbons (Fsp3) is 1.00. The van der Waals surface area contributed by atoms with E-state index in [1.165, 1.54) is 45.4 Å². The molecule has 2 atom stereocenters.